The number of unbranched alkanes of at least 4 members (excludes halogenated alkanes) is 3. The highest BCUT2D eigenvalue weighted by Gasteiger charge is 2.17. The molecule has 0 unspecified atom stereocenters. The molecule has 5 heteroatoms. The van der Waals surface area contributed by atoms with Gasteiger partial charge in [-0.15, -0.1) is 0 Å². The standard InChI is InChI=1S/C23H27N3O2/c24-20-11-6-7-12-21(20)26-22(27)13-3-1-2-8-14-25-23(28)19-15-17-9-4-5-10-18(17)16-19/h4-7,9-12,15H,1-3,8,13-14,16,24H2,(H,25,28)(H,26,27). The first-order valence-electron chi connectivity index (χ1n) is 9.84. The second-order valence-electron chi connectivity index (χ2n) is 7.10. The van der Waals surface area contributed by atoms with E-state index < -0.39 is 0 Å². The molecule has 2 aromatic carbocycles. The summed E-state index contributed by atoms with van der Waals surface area (Å²) in [4.78, 5) is 24.2. The number of hydrogen-bond acceptors (Lipinski definition) is 3. The summed E-state index contributed by atoms with van der Waals surface area (Å²) in [7, 11) is 0. The average molecular weight is 377 g/mol. The molecular formula is C23H27N3O2. The van der Waals surface area contributed by atoms with Crippen LogP contribution in [0.1, 0.15) is 43.2 Å². The molecular weight excluding hydrogens is 350 g/mol. The zero-order valence-corrected chi connectivity index (χ0v) is 16.0. The SMILES string of the molecule is Nc1ccccc1NC(=O)CCCCCCNC(=O)C1=Cc2ccccc2C1. The first-order chi connectivity index (χ1) is 13.6. The molecule has 0 heterocycles. The second-order valence-corrected chi connectivity index (χ2v) is 7.10. The van der Waals surface area contributed by atoms with Crippen molar-refractivity contribution in [1.82, 2.24) is 5.32 Å². The monoisotopic (exact) mass is 377 g/mol. The van der Waals surface area contributed by atoms with Crippen molar-refractivity contribution in [2.24, 2.45) is 0 Å². The highest BCUT2D eigenvalue weighted by atomic mass is 16.2. The average Bonchev–Trinajstić information content (AvgIpc) is 3.13. The number of fused-ring (bicyclic) bond motifs is 1. The van der Waals surface area contributed by atoms with Crippen molar-refractivity contribution >= 4 is 29.3 Å². The zero-order chi connectivity index (χ0) is 19.8. The number of carbonyl (C=O) groups is 2. The van der Waals surface area contributed by atoms with E-state index in [9.17, 15) is 9.59 Å². The van der Waals surface area contributed by atoms with Gasteiger partial charge in [-0.05, 0) is 42.2 Å². The van der Waals surface area contributed by atoms with Crippen molar-refractivity contribution in [3.63, 3.8) is 0 Å². The third-order valence-electron chi connectivity index (χ3n) is 4.91. The predicted molar refractivity (Wildman–Crippen MR) is 114 cm³/mol. The van der Waals surface area contributed by atoms with E-state index in [4.69, 9.17) is 5.73 Å². The molecule has 0 saturated heterocycles. The van der Waals surface area contributed by atoms with Crippen LogP contribution in [0.15, 0.2) is 54.1 Å². The number of para-hydroxylation sites is 2. The Hall–Kier alpha value is -3.08. The molecule has 3 rings (SSSR count). The van der Waals surface area contributed by atoms with Gasteiger partial charge in [-0.3, -0.25) is 9.59 Å². The van der Waals surface area contributed by atoms with Gasteiger partial charge in [-0.2, -0.15) is 0 Å². The fourth-order valence-electron chi connectivity index (χ4n) is 3.33. The molecule has 0 fully saturated rings. The Balaban J connectivity index is 1.25. The van der Waals surface area contributed by atoms with Gasteiger partial charge in [-0.1, -0.05) is 49.2 Å². The number of benzene rings is 2. The number of amides is 2. The lowest BCUT2D eigenvalue weighted by Crippen LogP contribution is -2.26. The molecule has 1 aliphatic rings. The summed E-state index contributed by atoms with van der Waals surface area (Å²) in [5, 5.41) is 5.84. The number of nitrogen functional groups attached to an aromatic ring is 1. The Morgan fingerprint density at radius 1 is 0.929 bits per heavy atom. The minimum absolute atomic E-state index is 0.0149. The first-order valence-corrected chi connectivity index (χ1v) is 9.84. The summed E-state index contributed by atoms with van der Waals surface area (Å²) in [5.41, 5.74) is 10.2. The first kappa shape index (κ1) is 19.7. The molecule has 4 N–H and O–H groups in total. The van der Waals surface area contributed by atoms with Gasteiger partial charge in [0.25, 0.3) is 0 Å². The number of anilines is 2. The normalized spacial score (nSPS) is 12.2. The van der Waals surface area contributed by atoms with Gasteiger partial charge in [0.05, 0.1) is 11.4 Å². The van der Waals surface area contributed by atoms with E-state index in [1.165, 1.54) is 5.56 Å². The Morgan fingerprint density at radius 3 is 2.50 bits per heavy atom. The summed E-state index contributed by atoms with van der Waals surface area (Å²) in [5.74, 6) is 0.00923. The van der Waals surface area contributed by atoms with Crippen molar-refractivity contribution in [3.05, 3.63) is 65.2 Å². The quantitative estimate of drug-likeness (QED) is 0.457. The van der Waals surface area contributed by atoms with Crippen LogP contribution in [0, 0.1) is 0 Å². The van der Waals surface area contributed by atoms with E-state index in [0.29, 0.717) is 30.8 Å². The van der Waals surface area contributed by atoms with Crippen LogP contribution in [0.4, 0.5) is 11.4 Å². The molecule has 0 aromatic heterocycles. The van der Waals surface area contributed by atoms with Crippen LogP contribution in [0.2, 0.25) is 0 Å². The van der Waals surface area contributed by atoms with Crippen LogP contribution in [-0.4, -0.2) is 18.4 Å². The number of hydrogen-bond donors (Lipinski definition) is 3. The largest absolute Gasteiger partial charge is 0.397 e. The van der Waals surface area contributed by atoms with Crippen LogP contribution in [0.5, 0.6) is 0 Å². The van der Waals surface area contributed by atoms with Crippen molar-refractivity contribution in [3.8, 4) is 0 Å². The van der Waals surface area contributed by atoms with Gasteiger partial charge in [-0.25, -0.2) is 0 Å². The maximum absolute atomic E-state index is 12.3. The van der Waals surface area contributed by atoms with E-state index in [0.717, 1.165) is 36.8 Å². The van der Waals surface area contributed by atoms with Crippen molar-refractivity contribution in [2.75, 3.05) is 17.6 Å². The summed E-state index contributed by atoms with van der Waals surface area (Å²) >= 11 is 0. The van der Waals surface area contributed by atoms with Gasteiger partial charge >= 0.3 is 0 Å². The van der Waals surface area contributed by atoms with Crippen LogP contribution in [-0.2, 0) is 16.0 Å². The molecule has 2 amide bonds. The molecule has 0 atom stereocenters. The minimum atomic E-state index is -0.0149. The number of carbonyl (C=O) groups excluding carboxylic acids is 2. The van der Waals surface area contributed by atoms with Gasteiger partial charge in [0.2, 0.25) is 11.8 Å². The van der Waals surface area contributed by atoms with Crippen LogP contribution in [0.3, 0.4) is 0 Å². The molecule has 146 valence electrons. The van der Waals surface area contributed by atoms with Gasteiger partial charge in [0.15, 0.2) is 0 Å². The van der Waals surface area contributed by atoms with E-state index in [1.54, 1.807) is 12.1 Å². The third-order valence-corrected chi connectivity index (χ3v) is 4.91. The van der Waals surface area contributed by atoms with Gasteiger partial charge < -0.3 is 16.4 Å². The highest BCUT2D eigenvalue weighted by Crippen LogP contribution is 2.24. The number of nitrogens with one attached hydrogen (secondary N) is 2. The molecule has 28 heavy (non-hydrogen) atoms. The topological polar surface area (TPSA) is 84.2 Å². The second kappa shape index (κ2) is 9.74. The fourth-order valence-corrected chi connectivity index (χ4v) is 3.33. The number of nitrogens with two attached hydrogens (primary N) is 1. The molecule has 0 spiro atoms. The van der Waals surface area contributed by atoms with Crippen LogP contribution in [0.25, 0.3) is 6.08 Å². The Bertz CT molecular complexity index is 874. The maximum Gasteiger partial charge on any atom is 0.247 e. The van der Waals surface area contributed by atoms with Gasteiger partial charge in [0, 0.05) is 25.0 Å². The maximum atomic E-state index is 12.3. The molecule has 5 nitrogen and oxygen atoms in total. The summed E-state index contributed by atoms with van der Waals surface area (Å²) in [6.45, 7) is 0.666. The lowest BCUT2D eigenvalue weighted by atomic mass is 10.1. The van der Waals surface area contributed by atoms with E-state index in [2.05, 4.69) is 16.7 Å². The number of rotatable bonds is 9. The molecule has 0 bridgehead atoms. The summed E-state index contributed by atoms with van der Waals surface area (Å²) in [6, 6.07) is 15.4. The minimum Gasteiger partial charge on any atom is -0.397 e. The summed E-state index contributed by atoms with van der Waals surface area (Å²) in [6.07, 6.45) is 6.85. The molecule has 0 saturated carbocycles. The Kier molecular flexibility index (Phi) is 6.84. The third kappa shape index (κ3) is 5.46. The van der Waals surface area contributed by atoms with E-state index in [1.807, 2.05) is 36.4 Å². The van der Waals surface area contributed by atoms with E-state index in [-0.39, 0.29) is 11.8 Å². The van der Waals surface area contributed by atoms with Crippen LogP contribution < -0.4 is 16.4 Å². The predicted octanol–water partition coefficient (Wildman–Crippen LogP) is 3.91. The van der Waals surface area contributed by atoms with Gasteiger partial charge in [0.1, 0.15) is 0 Å². The fraction of sp³-hybridized carbons (Fsp3) is 0.304. The smallest absolute Gasteiger partial charge is 0.247 e. The Labute approximate surface area is 166 Å². The molecule has 1 aliphatic carbocycles. The van der Waals surface area contributed by atoms with Crippen LogP contribution >= 0.6 is 0 Å². The highest BCUT2D eigenvalue weighted by molar-refractivity contribution is 6.00. The zero-order valence-electron chi connectivity index (χ0n) is 16.0. The summed E-state index contributed by atoms with van der Waals surface area (Å²) < 4.78 is 0. The van der Waals surface area contributed by atoms with Crippen molar-refractivity contribution < 1.29 is 9.59 Å². The van der Waals surface area contributed by atoms with E-state index >= 15 is 0 Å². The van der Waals surface area contributed by atoms with Crippen molar-refractivity contribution in [2.45, 2.75) is 38.5 Å². The molecule has 0 radical (unpaired) electrons. The lowest BCUT2D eigenvalue weighted by molar-refractivity contribution is -0.117. The lowest BCUT2D eigenvalue weighted by Gasteiger charge is -2.08. The molecule has 2 aromatic rings. The molecule has 0 aliphatic heterocycles. The van der Waals surface area contributed by atoms with Crippen molar-refractivity contribution in [1.29, 1.82) is 0 Å². The Morgan fingerprint density at radius 2 is 1.68 bits per heavy atom.